The lowest BCUT2D eigenvalue weighted by molar-refractivity contribution is -0.154. The van der Waals surface area contributed by atoms with Crippen LogP contribution in [-0.4, -0.2) is 35.5 Å². The lowest BCUT2D eigenvalue weighted by Crippen LogP contribution is -2.31. The summed E-state index contributed by atoms with van der Waals surface area (Å²) in [5.41, 5.74) is 0. The molecule has 4 nitrogen and oxygen atoms in total. The van der Waals surface area contributed by atoms with Crippen molar-refractivity contribution in [2.45, 2.75) is 32.8 Å². The molecule has 0 aliphatic rings. The van der Waals surface area contributed by atoms with Gasteiger partial charge in [0.25, 0.3) is 0 Å². The third-order valence-corrected chi connectivity index (χ3v) is 2.00. The normalized spacial score (nSPS) is 15.3. The average molecular weight is 190 g/mol. The maximum absolute atomic E-state index is 10.7. The van der Waals surface area contributed by atoms with Gasteiger partial charge in [-0.15, -0.1) is 0 Å². The molecule has 0 aliphatic carbocycles. The van der Waals surface area contributed by atoms with Gasteiger partial charge < -0.3 is 14.9 Å². The molecule has 0 bridgehead atoms. The molecule has 0 fully saturated rings. The van der Waals surface area contributed by atoms with Crippen LogP contribution in [0.4, 0.5) is 0 Å². The average Bonchev–Trinajstić information content (AvgIpc) is 2.11. The summed E-state index contributed by atoms with van der Waals surface area (Å²) in [6.07, 6.45) is 0.521. The van der Waals surface area contributed by atoms with Crippen LogP contribution < -0.4 is 0 Å². The van der Waals surface area contributed by atoms with Gasteiger partial charge in [-0.25, -0.2) is 4.79 Å². The number of aliphatic carboxylic acids is 1. The van der Waals surface area contributed by atoms with Crippen molar-refractivity contribution in [1.82, 2.24) is 0 Å². The molecule has 4 heteroatoms. The maximum atomic E-state index is 10.7. The number of hydrogen-bond acceptors (Lipinski definition) is 3. The molecular weight excluding hydrogens is 172 g/mol. The minimum absolute atomic E-state index is 0.0104. The van der Waals surface area contributed by atoms with Crippen molar-refractivity contribution in [1.29, 1.82) is 0 Å². The molecule has 0 saturated carbocycles. The molecule has 0 aromatic rings. The molecule has 0 spiro atoms. The minimum atomic E-state index is -0.924. The smallest absolute Gasteiger partial charge is 0.333 e. The van der Waals surface area contributed by atoms with E-state index in [-0.39, 0.29) is 12.5 Å². The fraction of sp³-hybridized carbons (Fsp3) is 0.889. The van der Waals surface area contributed by atoms with E-state index >= 15 is 0 Å². The van der Waals surface area contributed by atoms with Crippen molar-refractivity contribution in [3.63, 3.8) is 0 Å². The van der Waals surface area contributed by atoms with Crippen molar-refractivity contribution in [3.8, 4) is 0 Å². The molecule has 13 heavy (non-hydrogen) atoms. The fourth-order valence-corrected chi connectivity index (χ4v) is 0.968. The molecule has 0 aliphatic heterocycles. The summed E-state index contributed by atoms with van der Waals surface area (Å²) in [5, 5.41) is 17.3. The number of aliphatic hydroxyl groups excluding tert-OH is 1. The summed E-state index contributed by atoms with van der Waals surface area (Å²) in [7, 11) is 0. The van der Waals surface area contributed by atoms with Gasteiger partial charge in [0.1, 0.15) is 0 Å². The first kappa shape index (κ1) is 12.4. The quantitative estimate of drug-likeness (QED) is 0.585. The lowest BCUT2D eigenvalue weighted by atomic mass is 10.0. The van der Waals surface area contributed by atoms with E-state index in [2.05, 4.69) is 0 Å². The van der Waals surface area contributed by atoms with Crippen LogP contribution in [-0.2, 0) is 9.53 Å². The van der Waals surface area contributed by atoms with Crippen LogP contribution in [0.15, 0.2) is 0 Å². The molecule has 0 rings (SSSR count). The Bertz CT molecular complexity index is 147. The number of carboxylic acid groups (broad SMARTS) is 1. The highest BCUT2D eigenvalue weighted by Crippen LogP contribution is 2.11. The Morgan fingerprint density at radius 1 is 1.54 bits per heavy atom. The van der Waals surface area contributed by atoms with Gasteiger partial charge in [-0.2, -0.15) is 0 Å². The van der Waals surface area contributed by atoms with E-state index < -0.39 is 12.1 Å². The second kappa shape index (κ2) is 6.86. The summed E-state index contributed by atoms with van der Waals surface area (Å²) in [6.45, 7) is 4.11. The van der Waals surface area contributed by atoms with Gasteiger partial charge in [-0.1, -0.05) is 20.3 Å². The van der Waals surface area contributed by atoms with Crippen LogP contribution >= 0.6 is 0 Å². The van der Waals surface area contributed by atoms with Crippen LogP contribution in [0.25, 0.3) is 0 Å². The maximum Gasteiger partial charge on any atom is 0.333 e. The molecule has 0 amide bonds. The van der Waals surface area contributed by atoms with Gasteiger partial charge in [0.05, 0.1) is 0 Å². The standard InChI is InChI=1S/C9H18O4/c1-3-7(2)8(9(11)12)13-6-4-5-10/h7-8,10H,3-6H2,1-2H3,(H,11,12). The molecule has 2 atom stereocenters. The van der Waals surface area contributed by atoms with Crippen molar-refractivity contribution in [2.24, 2.45) is 5.92 Å². The highest BCUT2D eigenvalue weighted by atomic mass is 16.5. The topological polar surface area (TPSA) is 66.8 Å². The molecule has 0 radical (unpaired) electrons. The Kier molecular flexibility index (Phi) is 6.54. The van der Waals surface area contributed by atoms with E-state index in [0.717, 1.165) is 6.42 Å². The molecule has 0 heterocycles. The number of hydrogen-bond donors (Lipinski definition) is 2. The second-order valence-electron chi connectivity index (χ2n) is 3.09. The Morgan fingerprint density at radius 2 is 2.15 bits per heavy atom. The number of rotatable bonds is 7. The van der Waals surface area contributed by atoms with Gasteiger partial charge in [0, 0.05) is 13.2 Å². The molecule has 78 valence electrons. The van der Waals surface area contributed by atoms with E-state index in [1.54, 1.807) is 0 Å². The fourth-order valence-electron chi connectivity index (χ4n) is 0.968. The first-order valence-corrected chi connectivity index (χ1v) is 4.58. The zero-order valence-electron chi connectivity index (χ0n) is 8.19. The lowest BCUT2D eigenvalue weighted by Gasteiger charge is -2.18. The van der Waals surface area contributed by atoms with Crippen LogP contribution in [0, 0.1) is 5.92 Å². The minimum Gasteiger partial charge on any atom is -0.479 e. The van der Waals surface area contributed by atoms with Crippen LogP contribution in [0.1, 0.15) is 26.7 Å². The summed E-state index contributed by atoms with van der Waals surface area (Å²) < 4.78 is 5.14. The molecule has 2 unspecified atom stereocenters. The molecular formula is C9H18O4. The van der Waals surface area contributed by atoms with E-state index in [1.807, 2.05) is 13.8 Å². The summed E-state index contributed by atoms with van der Waals surface area (Å²) in [6, 6.07) is 0. The Morgan fingerprint density at radius 3 is 2.54 bits per heavy atom. The third-order valence-electron chi connectivity index (χ3n) is 2.00. The van der Waals surface area contributed by atoms with E-state index in [4.69, 9.17) is 14.9 Å². The Balaban J connectivity index is 3.88. The summed E-state index contributed by atoms with van der Waals surface area (Å²) in [4.78, 5) is 10.7. The van der Waals surface area contributed by atoms with Crippen LogP contribution in [0.2, 0.25) is 0 Å². The van der Waals surface area contributed by atoms with Crippen molar-refractivity contribution in [2.75, 3.05) is 13.2 Å². The first-order valence-electron chi connectivity index (χ1n) is 4.58. The van der Waals surface area contributed by atoms with Crippen LogP contribution in [0.3, 0.4) is 0 Å². The summed E-state index contributed by atoms with van der Waals surface area (Å²) in [5.74, 6) is -0.913. The zero-order chi connectivity index (χ0) is 10.3. The first-order chi connectivity index (χ1) is 6.13. The van der Waals surface area contributed by atoms with Crippen molar-refractivity contribution in [3.05, 3.63) is 0 Å². The van der Waals surface area contributed by atoms with Crippen LogP contribution in [0.5, 0.6) is 0 Å². The zero-order valence-corrected chi connectivity index (χ0v) is 8.19. The van der Waals surface area contributed by atoms with Gasteiger partial charge in [0.15, 0.2) is 6.10 Å². The Labute approximate surface area is 78.5 Å². The molecule has 0 saturated heterocycles. The SMILES string of the molecule is CCC(C)C(OCCCO)C(=O)O. The van der Waals surface area contributed by atoms with Crippen molar-refractivity contribution < 1.29 is 19.7 Å². The monoisotopic (exact) mass is 190 g/mol. The Hall–Kier alpha value is -0.610. The van der Waals surface area contributed by atoms with E-state index in [1.165, 1.54) is 0 Å². The molecule has 0 aromatic carbocycles. The van der Waals surface area contributed by atoms with Gasteiger partial charge >= 0.3 is 5.97 Å². The molecule has 0 aromatic heterocycles. The number of carboxylic acids is 1. The summed E-state index contributed by atoms with van der Waals surface area (Å²) >= 11 is 0. The third kappa shape index (κ3) is 4.85. The van der Waals surface area contributed by atoms with Gasteiger partial charge in [-0.05, 0) is 12.3 Å². The molecule has 2 N–H and O–H groups in total. The largest absolute Gasteiger partial charge is 0.479 e. The number of ether oxygens (including phenoxy) is 1. The second-order valence-corrected chi connectivity index (χ2v) is 3.09. The van der Waals surface area contributed by atoms with E-state index in [0.29, 0.717) is 13.0 Å². The highest BCUT2D eigenvalue weighted by Gasteiger charge is 2.23. The number of aliphatic hydroxyl groups is 1. The predicted molar refractivity (Wildman–Crippen MR) is 48.5 cm³/mol. The van der Waals surface area contributed by atoms with Gasteiger partial charge in [0.2, 0.25) is 0 Å². The predicted octanol–water partition coefficient (Wildman–Crippen LogP) is 0.885. The van der Waals surface area contributed by atoms with Crippen molar-refractivity contribution >= 4 is 5.97 Å². The van der Waals surface area contributed by atoms with Gasteiger partial charge in [-0.3, -0.25) is 0 Å². The number of carbonyl (C=O) groups is 1. The van der Waals surface area contributed by atoms with E-state index in [9.17, 15) is 4.79 Å². The highest BCUT2D eigenvalue weighted by molar-refractivity contribution is 5.72.